The number of benzene rings is 1. The van der Waals surface area contributed by atoms with Gasteiger partial charge in [0.15, 0.2) is 5.16 Å². The number of methoxy groups -OCH3 is 1. The number of halogens is 1. The van der Waals surface area contributed by atoms with E-state index in [9.17, 15) is 9.59 Å². The second-order valence-corrected chi connectivity index (χ2v) is 7.95. The minimum Gasteiger partial charge on any atom is -0.495 e. The number of amides is 1. The Bertz CT molecular complexity index is 1090. The lowest BCUT2D eigenvalue weighted by atomic mass is 10.3. The standard InChI is InChI=1S/C20H23ClN4O3S/c1-4-5-8-25-19(27)18-15(9-12(2)22-18)24-20(25)29-11-17(26)23-13-6-7-16(28-3)14(21)10-13/h6-7,9-10,22H,4-5,8,11H2,1-3H3,(H,23,26). The topological polar surface area (TPSA) is 89.0 Å². The zero-order valence-electron chi connectivity index (χ0n) is 16.5. The molecule has 0 atom stereocenters. The fourth-order valence-electron chi connectivity index (χ4n) is 2.91. The molecule has 3 aromatic rings. The zero-order chi connectivity index (χ0) is 21.0. The highest BCUT2D eigenvalue weighted by molar-refractivity contribution is 7.99. The molecule has 0 bridgehead atoms. The van der Waals surface area contributed by atoms with Crippen LogP contribution in [0.1, 0.15) is 25.5 Å². The average molecular weight is 435 g/mol. The van der Waals surface area contributed by atoms with Crippen LogP contribution in [0.3, 0.4) is 0 Å². The molecule has 0 saturated heterocycles. The van der Waals surface area contributed by atoms with Gasteiger partial charge < -0.3 is 15.0 Å². The Hall–Kier alpha value is -2.45. The number of fused-ring (bicyclic) bond motifs is 1. The fraction of sp³-hybridized carbons (Fsp3) is 0.350. The van der Waals surface area contributed by atoms with Crippen molar-refractivity contribution in [3.63, 3.8) is 0 Å². The predicted molar refractivity (Wildman–Crippen MR) is 117 cm³/mol. The maximum absolute atomic E-state index is 12.9. The molecule has 154 valence electrons. The molecule has 0 aliphatic carbocycles. The maximum Gasteiger partial charge on any atom is 0.278 e. The number of hydrogen-bond donors (Lipinski definition) is 2. The Morgan fingerprint density at radius 1 is 1.38 bits per heavy atom. The van der Waals surface area contributed by atoms with Gasteiger partial charge in [-0.2, -0.15) is 0 Å². The minimum atomic E-state index is -0.210. The summed E-state index contributed by atoms with van der Waals surface area (Å²) in [5.74, 6) is 0.452. The van der Waals surface area contributed by atoms with E-state index >= 15 is 0 Å². The van der Waals surface area contributed by atoms with Crippen LogP contribution in [-0.4, -0.2) is 33.3 Å². The lowest BCUT2D eigenvalue weighted by Crippen LogP contribution is -2.24. The summed E-state index contributed by atoms with van der Waals surface area (Å²) in [7, 11) is 1.53. The van der Waals surface area contributed by atoms with Gasteiger partial charge in [-0.3, -0.25) is 14.2 Å². The van der Waals surface area contributed by atoms with Crippen molar-refractivity contribution in [2.24, 2.45) is 0 Å². The number of nitrogens with zero attached hydrogens (tertiary/aromatic N) is 2. The van der Waals surface area contributed by atoms with Gasteiger partial charge in [-0.15, -0.1) is 0 Å². The van der Waals surface area contributed by atoms with Crippen LogP contribution in [0.4, 0.5) is 5.69 Å². The predicted octanol–water partition coefficient (Wildman–Crippen LogP) is 4.23. The van der Waals surface area contributed by atoms with Gasteiger partial charge in [0.1, 0.15) is 11.3 Å². The van der Waals surface area contributed by atoms with Crippen LogP contribution in [0, 0.1) is 6.92 Å². The summed E-state index contributed by atoms with van der Waals surface area (Å²) in [6.07, 6.45) is 1.81. The molecule has 0 radical (unpaired) electrons. The maximum atomic E-state index is 12.9. The highest BCUT2D eigenvalue weighted by Crippen LogP contribution is 2.27. The Kier molecular flexibility index (Phi) is 6.87. The number of carbonyl (C=O) groups excluding carboxylic acids is 1. The summed E-state index contributed by atoms with van der Waals surface area (Å²) in [4.78, 5) is 32.9. The number of hydrogen-bond acceptors (Lipinski definition) is 5. The van der Waals surface area contributed by atoms with Crippen molar-refractivity contribution < 1.29 is 9.53 Å². The number of aromatic amines is 1. The van der Waals surface area contributed by atoms with E-state index in [4.69, 9.17) is 16.3 Å². The van der Waals surface area contributed by atoms with Gasteiger partial charge in [0, 0.05) is 17.9 Å². The Morgan fingerprint density at radius 2 is 2.17 bits per heavy atom. The van der Waals surface area contributed by atoms with Crippen LogP contribution in [0.25, 0.3) is 11.0 Å². The van der Waals surface area contributed by atoms with E-state index in [0.717, 1.165) is 18.5 Å². The molecule has 0 unspecified atom stereocenters. The van der Waals surface area contributed by atoms with Gasteiger partial charge in [0.2, 0.25) is 5.91 Å². The molecule has 7 nitrogen and oxygen atoms in total. The molecule has 29 heavy (non-hydrogen) atoms. The van der Waals surface area contributed by atoms with Gasteiger partial charge in [-0.1, -0.05) is 36.7 Å². The number of aryl methyl sites for hydroxylation is 1. The second-order valence-electron chi connectivity index (χ2n) is 6.60. The van der Waals surface area contributed by atoms with E-state index < -0.39 is 0 Å². The Morgan fingerprint density at radius 3 is 2.86 bits per heavy atom. The van der Waals surface area contributed by atoms with E-state index in [1.807, 2.05) is 13.0 Å². The van der Waals surface area contributed by atoms with E-state index in [1.54, 1.807) is 22.8 Å². The van der Waals surface area contributed by atoms with Crippen molar-refractivity contribution in [2.75, 3.05) is 18.2 Å². The summed E-state index contributed by atoms with van der Waals surface area (Å²) >= 11 is 7.34. The van der Waals surface area contributed by atoms with Gasteiger partial charge >= 0.3 is 0 Å². The number of carbonyl (C=O) groups is 1. The molecule has 2 aromatic heterocycles. The van der Waals surface area contributed by atoms with Crippen LogP contribution in [0.2, 0.25) is 5.02 Å². The number of nitrogens with one attached hydrogen (secondary N) is 2. The van der Waals surface area contributed by atoms with Crippen LogP contribution >= 0.6 is 23.4 Å². The SMILES string of the molecule is CCCCn1c(SCC(=O)Nc2ccc(OC)c(Cl)c2)nc2cc(C)[nH]c2c1=O. The minimum absolute atomic E-state index is 0.110. The number of anilines is 1. The van der Waals surface area contributed by atoms with Gasteiger partial charge in [-0.05, 0) is 37.6 Å². The van der Waals surface area contributed by atoms with Gasteiger partial charge in [0.25, 0.3) is 5.56 Å². The number of H-pyrrole nitrogens is 1. The largest absolute Gasteiger partial charge is 0.495 e. The third kappa shape index (κ3) is 4.94. The van der Waals surface area contributed by atoms with Crippen LogP contribution in [-0.2, 0) is 11.3 Å². The normalized spacial score (nSPS) is 11.0. The van der Waals surface area contributed by atoms with E-state index in [0.29, 0.717) is 39.2 Å². The van der Waals surface area contributed by atoms with Crippen molar-refractivity contribution in [2.45, 2.75) is 38.4 Å². The first-order valence-electron chi connectivity index (χ1n) is 9.29. The lowest BCUT2D eigenvalue weighted by Gasteiger charge is -2.12. The molecule has 0 spiro atoms. The summed E-state index contributed by atoms with van der Waals surface area (Å²) in [6, 6.07) is 6.88. The summed E-state index contributed by atoms with van der Waals surface area (Å²) < 4.78 is 6.75. The molecule has 3 rings (SSSR count). The highest BCUT2D eigenvalue weighted by atomic mass is 35.5. The number of thioether (sulfide) groups is 1. The summed E-state index contributed by atoms with van der Waals surface area (Å²) in [5.41, 5.74) is 2.46. The van der Waals surface area contributed by atoms with Gasteiger partial charge in [-0.25, -0.2) is 4.98 Å². The van der Waals surface area contributed by atoms with Crippen molar-refractivity contribution in [1.82, 2.24) is 14.5 Å². The number of aromatic nitrogens is 3. The van der Waals surface area contributed by atoms with Crippen molar-refractivity contribution >= 4 is 46.0 Å². The van der Waals surface area contributed by atoms with Gasteiger partial charge in [0.05, 0.1) is 23.4 Å². The zero-order valence-corrected chi connectivity index (χ0v) is 18.1. The molecule has 9 heteroatoms. The second kappa shape index (κ2) is 9.37. The van der Waals surface area contributed by atoms with Crippen molar-refractivity contribution in [3.8, 4) is 5.75 Å². The third-order valence-electron chi connectivity index (χ3n) is 4.34. The number of rotatable bonds is 8. The summed E-state index contributed by atoms with van der Waals surface area (Å²) in [5, 5.41) is 3.76. The van der Waals surface area contributed by atoms with E-state index in [-0.39, 0.29) is 17.2 Å². The fourth-order valence-corrected chi connectivity index (χ4v) is 3.99. The van der Waals surface area contributed by atoms with E-state index in [1.165, 1.54) is 18.9 Å². The van der Waals surface area contributed by atoms with Crippen LogP contribution in [0.5, 0.6) is 5.75 Å². The van der Waals surface area contributed by atoms with Crippen molar-refractivity contribution in [3.05, 3.63) is 45.3 Å². The van der Waals surface area contributed by atoms with E-state index in [2.05, 4.69) is 22.2 Å². The third-order valence-corrected chi connectivity index (χ3v) is 5.61. The molecule has 1 amide bonds. The Balaban J connectivity index is 1.77. The quantitative estimate of drug-likeness (QED) is 0.409. The van der Waals surface area contributed by atoms with Crippen LogP contribution < -0.4 is 15.6 Å². The van der Waals surface area contributed by atoms with Crippen LogP contribution in [0.15, 0.2) is 34.2 Å². The lowest BCUT2D eigenvalue weighted by molar-refractivity contribution is -0.113. The molecule has 1 aromatic carbocycles. The molecular formula is C20H23ClN4O3S. The average Bonchev–Trinajstić information content (AvgIpc) is 3.06. The molecule has 0 fully saturated rings. The number of unbranched alkanes of at least 4 members (excludes halogenated alkanes) is 1. The smallest absolute Gasteiger partial charge is 0.278 e. The first-order valence-corrected chi connectivity index (χ1v) is 10.7. The highest BCUT2D eigenvalue weighted by Gasteiger charge is 2.15. The first kappa shape index (κ1) is 21.3. The first-order chi connectivity index (χ1) is 13.9. The summed E-state index contributed by atoms with van der Waals surface area (Å²) in [6.45, 7) is 4.52. The van der Waals surface area contributed by atoms with Crippen molar-refractivity contribution in [1.29, 1.82) is 0 Å². The molecule has 0 aliphatic heterocycles. The molecule has 0 saturated carbocycles. The molecular weight excluding hydrogens is 412 g/mol. The molecule has 2 N–H and O–H groups in total. The molecule has 2 heterocycles. The Labute approximate surface area is 177 Å². The number of ether oxygens (including phenoxy) is 1. The monoisotopic (exact) mass is 434 g/mol. The molecule has 0 aliphatic rings.